The first-order valence-corrected chi connectivity index (χ1v) is 15.6. The van der Waals surface area contributed by atoms with Crippen LogP contribution in [0.1, 0.15) is 12.8 Å². The third kappa shape index (κ3) is 6.84. The third-order valence-electron chi connectivity index (χ3n) is 7.03. The molecule has 1 amide bonds. The second-order valence-electron chi connectivity index (χ2n) is 9.82. The Balaban J connectivity index is 1.33. The van der Waals surface area contributed by atoms with E-state index in [0.29, 0.717) is 24.1 Å². The molecule has 5 rings (SSSR count). The van der Waals surface area contributed by atoms with Gasteiger partial charge in [-0.05, 0) is 43.0 Å². The molecule has 13 nitrogen and oxygen atoms in total. The highest BCUT2D eigenvalue weighted by atomic mass is 79.9. The van der Waals surface area contributed by atoms with E-state index in [4.69, 9.17) is 14.5 Å². The van der Waals surface area contributed by atoms with Gasteiger partial charge in [-0.1, -0.05) is 31.9 Å². The van der Waals surface area contributed by atoms with E-state index >= 15 is 0 Å². The van der Waals surface area contributed by atoms with Crippen molar-refractivity contribution in [3.05, 3.63) is 47.0 Å². The van der Waals surface area contributed by atoms with Crippen LogP contribution in [0.5, 0.6) is 5.75 Å². The summed E-state index contributed by atoms with van der Waals surface area (Å²) in [6, 6.07) is 9.33. The zero-order chi connectivity index (χ0) is 29.6. The summed E-state index contributed by atoms with van der Waals surface area (Å²) < 4.78 is 14.2. The van der Waals surface area contributed by atoms with Gasteiger partial charge < -0.3 is 29.6 Å². The molecule has 1 aromatic carbocycles. The van der Waals surface area contributed by atoms with Gasteiger partial charge in [-0.3, -0.25) is 14.4 Å². The number of hydrogen-bond donors (Lipinski definition) is 2. The number of piperidine rings is 1. The molecule has 1 aliphatic rings. The summed E-state index contributed by atoms with van der Waals surface area (Å²) in [7, 11) is 1.69. The topological polar surface area (TPSA) is 145 Å². The quantitative estimate of drug-likeness (QED) is 0.136. The molecule has 4 aromatic rings. The predicted molar refractivity (Wildman–Crippen MR) is 165 cm³/mol. The zero-order valence-electron chi connectivity index (χ0n) is 22.9. The smallest absolute Gasteiger partial charge is 0.316 e. The highest BCUT2D eigenvalue weighted by Gasteiger charge is 2.23. The second kappa shape index (κ2) is 13.5. The molecule has 222 valence electrons. The van der Waals surface area contributed by atoms with Crippen molar-refractivity contribution in [2.75, 3.05) is 53.7 Å². The number of nitrogens with one attached hydrogen (secondary N) is 2. The van der Waals surface area contributed by atoms with E-state index in [1.54, 1.807) is 17.6 Å². The van der Waals surface area contributed by atoms with Crippen molar-refractivity contribution in [1.82, 2.24) is 29.5 Å². The van der Waals surface area contributed by atoms with Gasteiger partial charge in [0, 0.05) is 37.3 Å². The second-order valence-corrected chi connectivity index (χ2v) is 10.9. The number of anilines is 3. The number of ether oxygens (including phenoxy) is 2. The summed E-state index contributed by atoms with van der Waals surface area (Å²) in [5.41, 5.74) is 1.26. The van der Waals surface area contributed by atoms with Gasteiger partial charge in [0.2, 0.25) is 5.91 Å². The van der Waals surface area contributed by atoms with E-state index < -0.39 is 0 Å². The lowest BCUT2D eigenvalue weighted by atomic mass is 9.98. The molecular formula is C27H30Br2N8O5. The molecule has 1 saturated heterocycles. The molecule has 1 fully saturated rings. The van der Waals surface area contributed by atoms with E-state index in [-0.39, 0.29) is 47.0 Å². The van der Waals surface area contributed by atoms with Crippen molar-refractivity contribution >= 4 is 77.7 Å². The molecule has 3 aromatic heterocycles. The Morgan fingerprint density at radius 1 is 1.12 bits per heavy atom. The third-order valence-corrected chi connectivity index (χ3v) is 8.00. The van der Waals surface area contributed by atoms with Crippen LogP contribution in [0.2, 0.25) is 0 Å². The first-order chi connectivity index (χ1) is 20.4. The fraction of sp³-hybridized carbons (Fsp3) is 0.407. The maximum Gasteiger partial charge on any atom is 0.316 e. The fourth-order valence-corrected chi connectivity index (χ4v) is 5.17. The number of nitrogens with zero attached hydrogens (tertiary/aromatic N) is 6. The van der Waals surface area contributed by atoms with Gasteiger partial charge in [0.15, 0.2) is 5.75 Å². The molecule has 1 aliphatic heterocycles. The van der Waals surface area contributed by atoms with Gasteiger partial charge in [-0.2, -0.15) is 19.6 Å². The number of alkyl halides is 2. The number of hydrogen-bond acceptors (Lipinski definition) is 10. The SMILES string of the molecule is Cn1c(=O)c(OCCNC(=O)CBr)cc2cc(Nc3cc(N4CCC(COC(=O)CBr)CC4)nc4ncnn34)ccc21. The number of aryl methyl sites for hydroxylation is 1. The molecule has 0 radical (unpaired) electrons. The molecule has 0 atom stereocenters. The Morgan fingerprint density at radius 3 is 2.69 bits per heavy atom. The van der Waals surface area contributed by atoms with Crippen LogP contribution in [0.3, 0.4) is 0 Å². The molecule has 0 aliphatic carbocycles. The maximum atomic E-state index is 12.8. The van der Waals surface area contributed by atoms with E-state index in [9.17, 15) is 14.4 Å². The van der Waals surface area contributed by atoms with Crippen molar-refractivity contribution in [2.24, 2.45) is 13.0 Å². The monoisotopic (exact) mass is 704 g/mol. The molecule has 2 N–H and O–H groups in total. The predicted octanol–water partition coefficient (Wildman–Crippen LogP) is 2.76. The highest BCUT2D eigenvalue weighted by Crippen LogP contribution is 2.28. The van der Waals surface area contributed by atoms with E-state index in [1.807, 2.05) is 24.3 Å². The summed E-state index contributed by atoms with van der Waals surface area (Å²) >= 11 is 6.22. The average Bonchev–Trinajstić information content (AvgIpc) is 3.49. The van der Waals surface area contributed by atoms with Gasteiger partial charge in [0.05, 0.1) is 24.0 Å². The summed E-state index contributed by atoms with van der Waals surface area (Å²) in [6.07, 6.45) is 3.23. The number of esters is 1. The normalized spacial score (nSPS) is 13.8. The molecule has 15 heteroatoms. The number of fused-ring (bicyclic) bond motifs is 2. The highest BCUT2D eigenvalue weighted by molar-refractivity contribution is 9.09. The molecule has 0 bridgehead atoms. The van der Waals surface area contributed by atoms with E-state index in [1.165, 1.54) is 10.9 Å². The number of amides is 1. The molecular weight excluding hydrogens is 676 g/mol. The first-order valence-electron chi connectivity index (χ1n) is 13.4. The summed E-state index contributed by atoms with van der Waals surface area (Å²) in [5, 5.41) is 11.7. The van der Waals surface area contributed by atoms with Crippen LogP contribution in [-0.4, -0.2) is 79.5 Å². The zero-order valence-corrected chi connectivity index (χ0v) is 26.1. The largest absolute Gasteiger partial charge is 0.486 e. The van der Waals surface area contributed by atoms with Crippen molar-refractivity contribution in [3.63, 3.8) is 0 Å². The van der Waals surface area contributed by atoms with Crippen LogP contribution in [0.15, 0.2) is 41.5 Å². The molecule has 4 heterocycles. The maximum absolute atomic E-state index is 12.8. The minimum atomic E-state index is -0.261. The Hall–Kier alpha value is -3.72. The minimum absolute atomic E-state index is 0.154. The lowest BCUT2D eigenvalue weighted by molar-refractivity contribution is -0.141. The summed E-state index contributed by atoms with van der Waals surface area (Å²) in [6.45, 7) is 2.43. The molecule has 42 heavy (non-hydrogen) atoms. The van der Waals surface area contributed by atoms with Gasteiger partial charge in [0.1, 0.15) is 29.9 Å². The van der Waals surface area contributed by atoms with Crippen molar-refractivity contribution < 1.29 is 19.1 Å². The van der Waals surface area contributed by atoms with E-state index in [0.717, 1.165) is 48.3 Å². The molecule has 0 saturated carbocycles. The number of aromatic nitrogens is 5. The number of rotatable bonds is 11. The van der Waals surface area contributed by atoms with Crippen LogP contribution in [0.4, 0.5) is 17.3 Å². The molecule has 0 spiro atoms. The van der Waals surface area contributed by atoms with Crippen LogP contribution < -0.4 is 25.8 Å². The van der Waals surface area contributed by atoms with Crippen LogP contribution in [-0.2, 0) is 21.4 Å². The van der Waals surface area contributed by atoms with Crippen molar-refractivity contribution in [1.29, 1.82) is 0 Å². The lowest BCUT2D eigenvalue weighted by Crippen LogP contribution is -2.36. The van der Waals surface area contributed by atoms with Crippen molar-refractivity contribution in [2.45, 2.75) is 12.8 Å². The fourth-order valence-electron chi connectivity index (χ4n) is 4.81. The number of carbonyl (C=O) groups excluding carboxylic acids is 2. The minimum Gasteiger partial charge on any atom is -0.486 e. The van der Waals surface area contributed by atoms with Crippen LogP contribution in [0.25, 0.3) is 16.7 Å². The number of halogens is 2. The number of carbonyl (C=O) groups is 2. The Kier molecular flexibility index (Phi) is 9.57. The standard InChI is InChI=1S/C27H30Br2N8O5/c1-35-20-3-2-19(10-18(20)11-21(26(35)40)41-9-6-30-24(38)13-28)33-23-12-22(34-27-31-16-32-37(23)27)36-7-4-17(5-8-36)15-42-25(39)14-29/h2-3,10-12,16-17,33H,4-9,13-15H2,1H3,(H,30,38). The first kappa shape index (κ1) is 29.8. The lowest BCUT2D eigenvalue weighted by Gasteiger charge is -2.32. The number of benzene rings is 1. The van der Waals surface area contributed by atoms with Gasteiger partial charge in [-0.15, -0.1) is 0 Å². The molecule has 0 unspecified atom stereocenters. The summed E-state index contributed by atoms with van der Waals surface area (Å²) in [4.78, 5) is 47.0. The van der Waals surface area contributed by atoms with Crippen LogP contribution in [0, 0.1) is 5.92 Å². The van der Waals surface area contributed by atoms with Gasteiger partial charge in [0.25, 0.3) is 11.3 Å². The average molecular weight is 706 g/mol. The van der Waals surface area contributed by atoms with Gasteiger partial charge in [-0.25, -0.2) is 0 Å². The van der Waals surface area contributed by atoms with Gasteiger partial charge >= 0.3 is 5.97 Å². The van der Waals surface area contributed by atoms with Crippen molar-refractivity contribution in [3.8, 4) is 5.75 Å². The Morgan fingerprint density at radius 2 is 1.93 bits per heavy atom. The Labute approximate surface area is 257 Å². The van der Waals surface area contributed by atoms with Crippen LogP contribution >= 0.6 is 31.9 Å². The Bertz CT molecular complexity index is 1650. The number of pyridine rings is 1. The van der Waals surface area contributed by atoms with E-state index in [2.05, 4.69) is 57.5 Å². The summed E-state index contributed by atoms with van der Waals surface area (Å²) in [5.74, 6) is 2.04.